The number of likely N-dealkylation sites (tertiary alicyclic amines) is 1. The lowest BCUT2D eigenvalue weighted by Crippen LogP contribution is -2.43. The highest BCUT2D eigenvalue weighted by Gasteiger charge is 2.28. The highest BCUT2D eigenvalue weighted by molar-refractivity contribution is 7.85. The zero-order valence-corrected chi connectivity index (χ0v) is 14.3. The Hall–Kier alpha value is -1.43. The number of hydrogen-bond acceptors (Lipinski definition) is 4. The normalized spacial score (nSPS) is 20.5. The quantitative estimate of drug-likeness (QED) is 0.858. The van der Waals surface area contributed by atoms with Crippen molar-refractivity contribution >= 4 is 16.9 Å². The topological polar surface area (TPSA) is 59.5 Å². The molecule has 0 unspecified atom stereocenters. The van der Waals surface area contributed by atoms with E-state index in [0.717, 1.165) is 17.7 Å². The van der Waals surface area contributed by atoms with Crippen molar-refractivity contribution in [1.82, 2.24) is 9.88 Å². The number of rotatable bonds is 3. The molecular formula is C16H24N2O3S. The Morgan fingerprint density at radius 3 is 2.73 bits per heavy atom. The van der Waals surface area contributed by atoms with Gasteiger partial charge in [0.1, 0.15) is 5.60 Å². The third kappa shape index (κ3) is 5.09. The van der Waals surface area contributed by atoms with Crippen molar-refractivity contribution in [3.05, 3.63) is 24.5 Å². The van der Waals surface area contributed by atoms with E-state index in [-0.39, 0.29) is 12.0 Å². The largest absolute Gasteiger partial charge is 0.444 e. The molecule has 122 valence electrons. The molecule has 1 saturated heterocycles. The van der Waals surface area contributed by atoms with Gasteiger partial charge in [-0.15, -0.1) is 0 Å². The molecule has 0 aliphatic carbocycles. The fourth-order valence-electron chi connectivity index (χ4n) is 2.49. The lowest BCUT2D eigenvalue weighted by Gasteiger charge is -2.34. The zero-order valence-electron chi connectivity index (χ0n) is 13.4. The molecule has 0 bridgehead atoms. The minimum absolute atomic E-state index is 0.246. The molecule has 0 aromatic carbocycles. The Morgan fingerprint density at radius 2 is 2.09 bits per heavy atom. The summed E-state index contributed by atoms with van der Waals surface area (Å²) in [7, 11) is -1.05. The summed E-state index contributed by atoms with van der Waals surface area (Å²) in [6.45, 7) is 6.93. The Labute approximate surface area is 134 Å². The number of ether oxygens (including phenoxy) is 1. The van der Waals surface area contributed by atoms with Gasteiger partial charge in [-0.3, -0.25) is 9.19 Å². The van der Waals surface area contributed by atoms with Crippen LogP contribution in [0.3, 0.4) is 0 Å². The summed E-state index contributed by atoms with van der Waals surface area (Å²) in [6, 6.07) is 3.56. The van der Waals surface area contributed by atoms with E-state index in [1.807, 2.05) is 20.8 Å². The predicted molar refractivity (Wildman–Crippen MR) is 86.0 cm³/mol. The summed E-state index contributed by atoms with van der Waals surface area (Å²) in [5.41, 5.74) is -0.482. The molecule has 1 amide bonds. The smallest absolute Gasteiger partial charge is 0.410 e. The van der Waals surface area contributed by atoms with Gasteiger partial charge in [0.15, 0.2) is 0 Å². The van der Waals surface area contributed by atoms with Crippen molar-refractivity contribution in [2.24, 2.45) is 5.92 Å². The van der Waals surface area contributed by atoms with Gasteiger partial charge in [0.05, 0.1) is 10.8 Å². The summed E-state index contributed by atoms with van der Waals surface area (Å²) < 4.78 is 17.8. The molecule has 2 heterocycles. The van der Waals surface area contributed by atoms with Crippen molar-refractivity contribution in [1.29, 1.82) is 0 Å². The van der Waals surface area contributed by atoms with E-state index in [9.17, 15) is 9.00 Å². The average molecular weight is 324 g/mol. The predicted octanol–water partition coefficient (Wildman–Crippen LogP) is 2.84. The van der Waals surface area contributed by atoms with Crippen molar-refractivity contribution < 1.29 is 13.7 Å². The first kappa shape index (κ1) is 16.9. The number of carbonyl (C=O) groups is 1. The number of nitrogens with zero attached hydrogens (tertiary/aromatic N) is 2. The number of hydrogen-bond donors (Lipinski definition) is 0. The Morgan fingerprint density at radius 1 is 1.41 bits per heavy atom. The minimum atomic E-state index is -1.05. The maximum Gasteiger partial charge on any atom is 0.410 e. The molecular weight excluding hydrogens is 300 g/mol. The van der Waals surface area contributed by atoms with Crippen molar-refractivity contribution in [3.8, 4) is 0 Å². The number of carbonyl (C=O) groups excluding carboxylic acids is 1. The average Bonchev–Trinajstić information content (AvgIpc) is 2.46. The first-order chi connectivity index (χ1) is 10.3. The molecule has 1 fully saturated rings. The SMILES string of the molecule is CC(C)(C)OC(=O)N1CCC[C@@H](C[S@](=O)c2ccncc2)C1. The van der Waals surface area contributed by atoms with Crippen molar-refractivity contribution in [3.63, 3.8) is 0 Å². The fourth-order valence-corrected chi connectivity index (χ4v) is 3.81. The summed E-state index contributed by atoms with van der Waals surface area (Å²) >= 11 is 0. The molecule has 0 spiro atoms. The van der Waals surface area contributed by atoms with Crippen LogP contribution < -0.4 is 0 Å². The second kappa shape index (κ2) is 7.22. The number of pyridine rings is 1. The second-order valence-electron chi connectivity index (χ2n) is 6.63. The van der Waals surface area contributed by atoms with Gasteiger partial charge < -0.3 is 9.64 Å². The van der Waals surface area contributed by atoms with Crippen LogP contribution in [0.2, 0.25) is 0 Å². The molecule has 0 radical (unpaired) electrons. The summed E-state index contributed by atoms with van der Waals surface area (Å²) in [4.78, 5) is 18.6. The van der Waals surface area contributed by atoms with Crippen LogP contribution in [0.15, 0.2) is 29.4 Å². The first-order valence-electron chi connectivity index (χ1n) is 7.61. The molecule has 1 aliphatic heterocycles. The van der Waals surface area contributed by atoms with Crippen LogP contribution in [-0.4, -0.2) is 44.6 Å². The third-order valence-corrected chi connectivity index (χ3v) is 5.04. The third-order valence-electron chi connectivity index (χ3n) is 3.47. The Balaban J connectivity index is 1.91. The van der Waals surface area contributed by atoms with E-state index in [0.29, 0.717) is 18.8 Å². The Kier molecular flexibility index (Phi) is 5.56. The van der Waals surface area contributed by atoms with Gasteiger partial charge in [-0.05, 0) is 51.7 Å². The molecule has 0 N–H and O–H groups in total. The minimum Gasteiger partial charge on any atom is -0.444 e. The van der Waals surface area contributed by atoms with E-state index < -0.39 is 16.4 Å². The second-order valence-corrected chi connectivity index (χ2v) is 8.13. The monoisotopic (exact) mass is 324 g/mol. The summed E-state index contributed by atoms with van der Waals surface area (Å²) in [6.07, 6.45) is 4.96. The Bertz CT molecular complexity index is 528. The van der Waals surface area contributed by atoms with Gasteiger partial charge in [-0.2, -0.15) is 0 Å². The maximum absolute atomic E-state index is 12.4. The fraction of sp³-hybridized carbons (Fsp3) is 0.625. The van der Waals surface area contributed by atoms with E-state index >= 15 is 0 Å². The highest BCUT2D eigenvalue weighted by atomic mass is 32.2. The van der Waals surface area contributed by atoms with E-state index in [1.165, 1.54) is 0 Å². The van der Waals surface area contributed by atoms with Crippen LogP contribution >= 0.6 is 0 Å². The number of amides is 1. The molecule has 2 rings (SSSR count). The molecule has 2 atom stereocenters. The summed E-state index contributed by atoms with van der Waals surface area (Å²) in [5, 5.41) is 0. The van der Waals surface area contributed by atoms with Gasteiger partial charge in [0, 0.05) is 36.1 Å². The van der Waals surface area contributed by atoms with Crippen LogP contribution in [0.5, 0.6) is 0 Å². The van der Waals surface area contributed by atoms with Gasteiger partial charge in [0.2, 0.25) is 0 Å². The van der Waals surface area contributed by atoms with Crippen LogP contribution in [-0.2, 0) is 15.5 Å². The molecule has 0 saturated carbocycles. The van der Waals surface area contributed by atoms with Gasteiger partial charge in [-0.1, -0.05) is 0 Å². The number of piperidine rings is 1. The van der Waals surface area contributed by atoms with E-state index in [1.54, 1.807) is 29.4 Å². The van der Waals surface area contributed by atoms with Crippen LogP contribution in [0.1, 0.15) is 33.6 Å². The standard InChI is InChI=1S/C16H24N2O3S/c1-16(2,3)21-15(19)18-10-4-5-13(11-18)12-22(20)14-6-8-17-9-7-14/h6-9,13H,4-5,10-12H2,1-3H3/t13-,22+/m1/s1. The zero-order chi connectivity index (χ0) is 16.2. The van der Waals surface area contributed by atoms with E-state index in [2.05, 4.69) is 4.98 Å². The molecule has 5 nitrogen and oxygen atoms in total. The lowest BCUT2D eigenvalue weighted by atomic mass is 10.0. The molecule has 6 heteroatoms. The van der Waals surface area contributed by atoms with Crippen LogP contribution in [0, 0.1) is 5.92 Å². The molecule has 1 aromatic rings. The summed E-state index contributed by atoms with van der Waals surface area (Å²) in [5.74, 6) is 0.818. The maximum atomic E-state index is 12.4. The number of aromatic nitrogens is 1. The van der Waals surface area contributed by atoms with E-state index in [4.69, 9.17) is 4.74 Å². The highest BCUT2D eigenvalue weighted by Crippen LogP contribution is 2.21. The van der Waals surface area contributed by atoms with Gasteiger partial charge in [0.25, 0.3) is 0 Å². The molecule has 22 heavy (non-hydrogen) atoms. The lowest BCUT2D eigenvalue weighted by molar-refractivity contribution is 0.0176. The van der Waals surface area contributed by atoms with Crippen molar-refractivity contribution in [2.75, 3.05) is 18.8 Å². The molecule has 1 aromatic heterocycles. The molecule has 1 aliphatic rings. The van der Waals surface area contributed by atoms with Crippen LogP contribution in [0.4, 0.5) is 4.79 Å². The van der Waals surface area contributed by atoms with Gasteiger partial charge in [-0.25, -0.2) is 4.79 Å². The van der Waals surface area contributed by atoms with Crippen molar-refractivity contribution in [2.45, 2.75) is 44.1 Å². The first-order valence-corrected chi connectivity index (χ1v) is 8.93. The van der Waals surface area contributed by atoms with Crippen LogP contribution in [0.25, 0.3) is 0 Å². The van der Waals surface area contributed by atoms with Gasteiger partial charge >= 0.3 is 6.09 Å².